The maximum absolute atomic E-state index is 13.4. The molecule has 8 nitrogen and oxygen atoms in total. The Hall–Kier alpha value is -2.90. The summed E-state index contributed by atoms with van der Waals surface area (Å²) in [7, 11) is 0. The smallest absolute Gasteiger partial charge is 0.309 e. The molecule has 4 rings (SSSR count). The Kier molecular flexibility index (Phi) is 5.26. The maximum Gasteiger partial charge on any atom is 0.309 e. The SMILES string of the molecule is CCOC(=O)C[C@@H]1C(=O)N2CC[C@]3(C(=O)Nc4ccccc43)[C@H]2C[C@@H]1C(=O)OCC. The molecule has 30 heavy (non-hydrogen) atoms. The van der Waals surface area contributed by atoms with Crippen LogP contribution in [0.5, 0.6) is 0 Å². The highest BCUT2D eigenvalue weighted by molar-refractivity contribution is 6.08. The Morgan fingerprint density at radius 3 is 2.63 bits per heavy atom. The number of benzene rings is 1. The molecule has 0 saturated carbocycles. The number of carbonyl (C=O) groups excluding carboxylic acids is 4. The standard InChI is InChI=1S/C22H26N2O6/c1-3-29-18(25)12-13-14(20(27)30-4-2)11-17-22(9-10-24(17)19(13)26)15-7-5-6-8-16(15)23-21(22)28/h5-8,13-14,17H,3-4,9-12H2,1-2H3,(H,23,28)/t13-,14-,17+,22+/m0/s1. The number of rotatable bonds is 5. The number of anilines is 1. The van der Waals surface area contributed by atoms with Gasteiger partial charge in [0.2, 0.25) is 11.8 Å². The first kappa shape index (κ1) is 20.4. The lowest BCUT2D eigenvalue weighted by Gasteiger charge is -2.43. The summed E-state index contributed by atoms with van der Waals surface area (Å²) >= 11 is 0. The van der Waals surface area contributed by atoms with Crippen molar-refractivity contribution in [1.82, 2.24) is 4.90 Å². The average molecular weight is 414 g/mol. The van der Waals surface area contributed by atoms with Gasteiger partial charge in [0.1, 0.15) is 0 Å². The van der Waals surface area contributed by atoms with Crippen molar-refractivity contribution in [3.8, 4) is 0 Å². The summed E-state index contributed by atoms with van der Waals surface area (Å²) in [5, 5.41) is 2.94. The molecule has 4 atom stereocenters. The molecular weight excluding hydrogens is 388 g/mol. The Morgan fingerprint density at radius 1 is 1.17 bits per heavy atom. The normalized spacial score (nSPS) is 29.4. The van der Waals surface area contributed by atoms with E-state index >= 15 is 0 Å². The Labute approximate surface area is 174 Å². The van der Waals surface area contributed by atoms with Crippen LogP contribution in [-0.4, -0.2) is 54.5 Å². The van der Waals surface area contributed by atoms with Gasteiger partial charge >= 0.3 is 11.9 Å². The molecule has 0 aromatic heterocycles. The fourth-order valence-corrected chi connectivity index (χ4v) is 5.32. The predicted octanol–water partition coefficient (Wildman–Crippen LogP) is 1.63. The number of amides is 2. The van der Waals surface area contributed by atoms with E-state index in [-0.39, 0.29) is 37.9 Å². The number of hydrogen-bond donors (Lipinski definition) is 1. The second-order valence-corrected chi connectivity index (χ2v) is 7.98. The Bertz CT molecular complexity index is 899. The molecule has 0 aliphatic carbocycles. The number of para-hydroxylation sites is 1. The van der Waals surface area contributed by atoms with Crippen LogP contribution in [0, 0.1) is 11.8 Å². The summed E-state index contributed by atoms with van der Waals surface area (Å²) in [6.07, 6.45) is 0.583. The molecule has 0 unspecified atom stereocenters. The van der Waals surface area contributed by atoms with Crippen molar-refractivity contribution in [2.75, 3.05) is 25.1 Å². The first-order valence-corrected chi connectivity index (χ1v) is 10.5. The first-order valence-electron chi connectivity index (χ1n) is 10.5. The molecule has 3 aliphatic rings. The van der Waals surface area contributed by atoms with E-state index in [9.17, 15) is 19.2 Å². The van der Waals surface area contributed by atoms with Gasteiger partial charge in [-0.1, -0.05) is 18.2 Å². The minimum Gasteiger partial charge on any atom is -0.466 e. The number of esters is 2. The van der Waals surface area contributed by atoms with Crippen molar-refractivity contribution in [1.29, 1.82) is 0 Å². The third-order valence-electron chi connectivity index (χ3n) is 6.60. The van der Waals surface area contributed by atoms with E-state index in [0.29, 0.717) is 13.0 Å². The Balaban J connectivity index is 1.71. The lowest BCUT2D eigenvalue weighted by atomic mass is 9.68. The molecule has 160 valence electrons. The number of hydrogen-bond acceptors (Lipinski definition) is 6. The lowest BCUT2D eigenvalue weighted by Crippen LogP contribution is -2.57. The predicted molar refractivity (Wildman–Crippen MR) is 106 cm³/mol. The van der Waals surface area contributed by atoms with Crippen molar-refractivity contribution in [3.63, 3.8) is 0 Å². The highest BCUT2D eigenvalue weighted by Gasteiger charge is 2.62. The highest BCUT2D eigenvalue weighted by Crippen LogP contribution is 2.52. The van der Waals surface area contributed by atoms with Gasteiger partial charge in [0.15, 0.2) is 0 Å². The summed E-state index contributed by atoms with van der Waals surface area (Å²) in [5.41, 5.74) is 0.728. The van der Waals surface area contributed by atoms with E-state index in [0.717, 1.165) is 11.3 Å². The summed E-state index contributed by atoms with van der Waals surface area (Å²) in [6.45, 7) is 4.18. The zero-order valence-electron chi connectivity index (χ0n) is 17.2. The van der Waals surface area contributed by atoms with Crippen LogP contribution < -0.4 is 5.32 Å². The summed E-state index contributed by atoms with van der Waals surface area (Å²) in [4.78, 5) is 53.1. The number of fused-ring (bicyclic) bond motifs is 4. The van der Waals surface area contributed by atoms with Crippen molar-refractivity contribution in [3.05, 3.63) is 29.8 Å². The molecule has 1 N–H and O–H groups in total. The third kappa shape index (κ3) is 2.97. The lowest BCUT2D eigenvalue weighted by molar-refractivity contribution is -0.165. The van der Waals surface area contributed by atoms with Crippen LogP contribution in [0.4, 0.5) is 5.69 Å². The van der Waals surface area contributed by atoms with Crippen LogP contribution >= 0.6 is 0 Å². The second kappa shape index (κ2) is 7.74. The van der Waals surface area contributed by atoms with E-state index in [1.807, 2.05) is 24.3 Å². The fourth-order valence-electron chi connectivity index (χ4n) is 5.32. The molecule has 3 heterocycles. The van der Waals surface area contributed by atoms with Gasteiger partial charge in [0.05, 0.1) is 42.9 Å². The molecule has 0 bridgehead atoms. The van der Waals surface area contributed by atoms with Crippen molar-refractivity contribution in [2.45, 2.75) is 44.6 Å². The molecular formula is C22H26N2O6. The van der Waals surface area contributed by atoms with Crippen molar-refractivity contribution >= 4 is 29.4 Å². The number of carbonyl (C=O) groups is 4. The van der Waals surface area contributed by atoms with E-state index < -0.39 is 35.2 Å². The van der Waals surface area contributed by atoms with Crippen LogP contribution in [-0.2, 0) is 34.1 Å². The number of ether oxygens (including phenoxy) is 2. The van der Waals surface area contributed by atoms with E-state index in [1.165, 1.54) is 0 Å². The molecule has 8 heteroatoms. The second-order valence-electron chi connectivity index (χ2n) is 7.98. The molecule has 2 fully saturated rings. The van der Waals surface area contributed by atoms with E-state index in [1.54, 1.807) is 18.7 Å². The fraction of sp³-hybridized carbons (Fsp3) is 0.545. The average Bonchev–Trinajstić information content (AvgIpc) is 3.24. The third-order valence-corrected chi connectivity index (χ3v) is 6.60. The van der Waals surface area contributed by atoms with Crippen LogP contribution in [0.25, 0.3) is 0 Å². The highest BCUT2D eigenvalue weighted by atomic mass is 16.5. The van der Waals surface area contributed by atoms with Gasteiger partial charge in [-0.05, 0) is 38.3 Å². The van der Waals surface area contributed by atoms with Gasteiger partial charge in [-0.3, -0.25) is 19.2 Å². The van der Waals surface area contributed by atoms with Crippen LogP contribution in [0.1, 0.15) is 38.7 Å². The molecule has 2 saturated heterocycles. The first-order chi connectivity index (χ1) is 14.4. The maximum atomic E-state index is 13.4. The quantitative estimate of drug-likeness (QED) is 0.735. The topological polar surface area (TPSA) is 102 Å². The molecule has 0 radical (unpaired) electrons. The van der Waals surface area contributed by atoms with Crippen molar-refractivity contribution in [2.24, 2.45) is 11.8 Å². The number of nitrogens with one attached hydrogen (secondary N) is 1. The van der Waals surface area contributed by atoms with Gasteiger partial charge in [0, 0.05) is 12.2 Å². The van der Waals surface area contributed by atoms with E-state index in [4.69, 9.17) is 9.47 Å². The molecule has 1 aromatic carbocycles. The molecule has 1 spiro atoms. The molecule has 1 aromatic rings. The monoisotopic (exact) mass is 414 g/mol. The number of nitrogens with zero attached hydrogens (tertiary/aromatic N) is 1. The van der Waals surface area contributed by atoms with Gasteiger partial charge in [-0.25, -0.2) is 0 Å². The van der Waals surface area contributed by atoms with Crippen LogP contribution in [0.15, 0.2) is 24.3 Å². The Morgan fingerprint density at radius 2 is 1.90 bits per heavy atom. The molecule has 3 aliphatic heterocycles. The number of piperidine rings is 1. The van der Waals surface area contributed by atoms with Gasteiger partial charge in [-0.2, -0.15) is 0 Å². The largest absolute Gasteiger partial charge is 0.466 e. The summed E-state index contributed by atoms with van der Waals surface area (Å²) < 4.78 is 10.3. The van der Waals surface area contributed by atoms with Gasteiger partial charge in [-0.15, -0.1) is 0 Å². The van der Waals surface area contributed by atoms with Crippen LogP contribution in [0.3, 0.4) is 0 Å². The van der Waals surface area contributed by atoms with E-state index in [2.05, 4.69) is 5.32 Å². The van der Waals surface area contributed by atoms with Gasteiger partial charge < -0.3 is 19.7 Å². The zero-order chi connectivity index (χ0) is 21.5. The zero-order valence-corrected chi connectivity index (χ0v) is 17.2. The van der Waals surface area contributed by atoms with Crippen LogP contribution in [0.2, 0.25) is 0 Å². The molecule has 2 amide bonds. The van der Waals surface area contributed by atoms with Gasteiger partial charge in [0.25, 0.3) is 0 Å². The van der Waals surface area contributed by atoms with Crippen molar-refractivity contribution < 1.29 is 28.7 Å². The minimum atomic E-state index is -0.883. The summed E-state index contributed by atoms with van der Waals surface area (Å²) in [5.74, 6) is -3.08. The minimum absolute atomic E-state index is 0.143. The summed E-state index contributed by atoms with van der Waals surface area (Å²) in [6, 6.07) is 7.03.